The molecule has 0 bridgehead atoms. The van der Waals surface area contributed by atoms with Gasteiger partial charge in [0.1, 0.15) is 30.2 Å². The Hall–Kier alpha value is -4.52. The van der Waals surface area contributed by atoms with E-state index in [0.717, 1.165) is 6.92 Å². The van der Waals surface area contributed by atoms with Crippen molar-refractivity contribution in [2.45, 2.75) is 109 Å². The maximum absolute atomic E-state index is 13.8. The molecule has 19 nitrogen and oxygen atoms in total. The zero-order valence-corrected chi connectivity index (χ0v) is 28.8. The summed E-state index contributed by atoms with van der Waals surface area (Å²) in [6, 6.07) is -6.09. The van der Waals surface area contributed by atoms with E-state index in [4.69, 9.17) is 11.5 Å². The van der Waals surface area contributed by atoms with Gasteiger partial charge in [0, 0.05) is 40.0 Å². The number of hydrogen-bond donors (Lipinski definition) is 10. The second-order valence-electron chi connectivity index (χ2n) is 11.8. The molecular weight excluding hydrogens is 644 g/mol. The number of nitrogens with zero attached hydrogens (tertiary/aromatic N) is 2. The fraction of sp³-hybridized carbons (Fsp3) is 0.733. The number of nitrogens with two attached hydrogens (primary N) is 2. The fourth-order valence-corrected chi connectivity index (χ4v) is 5.19. The number of aliphatic hydroxyl groups is 2. The molecule has 0 spiro atoms. The summed E-state index contributed by atoms with van der Waals surface area (Å²) in [5, 5.41) is 35.0. The third-order valence-electron chi connectivity index (χ3n) is 7.62. The molecule has 1 aliphatic heterocycles. The Morgan fingerprint density at radius 3 is 2.02 bits per heavy atom. The van der Waals surface area contributed by atoms with Crippen molar-refractivity contribution in [2.24, 2.45) is 16.5 Å². The van der Waals surface area contributed by atoms with Gasteiger partial charge in [-0.2, -0.15) is 0 Å². The molecule has 49 heavy (non-hydrogen) atoms. The first-order valence-electron chi connectivity index (χ1n) is 16.5. The highest BCUT2D eigenvalue weighted by atomic mass is 16.3. The molecule has 0 aromatic carbocycles. The van der Waals surface area contributed by atoms with Crippen LogP contribution >= 0.6 is 0 Å². The monoisotopic (exact) mass is 698 g/mol. The van der Waals surface area contributed by atoms with Crippen LogP contribution < -0.4 is 43.4 Å². The summed E-state index contributed by atoms with van der Waals surface area (Å²) in [6.45, 7) is 5.76. The normalized spacial score (nSPS) is 16.9. The fourth-order valence-electron chi connectivity index (χ4n) is 5.19. The van der Waals surface area contributed by atoms with E-state index in [1.165, 1.54) is 18.7 Å². The lowest BCUT2D eigenvalue weighted by atomic mass is 10.0. The van der Waals surface area contributed by atoms with Crippen molar-refractivity contribution in [2.75, 3.05) is 32.8 Å². The van der Waals surface area contributed by atoms with Crippen LogP contribution in [0, 0.1) is 0 Å². The Morgan fingerprint density at radius 1 is 0.837 bits per heavy atom. The van der Waals surface area contributed by atoms with E-state index in [-0.39, 0.29) is 37.2 Å². The highest BCUT2D eigenvalue weighted by molar-refractivity contribution is 5.96. The third-order valence-corrected chi connectivity index (χ3v) is 7.62. The highest BCUT2D eigenvalue weighted by Crippen LogP contribution is 2.20. The topological polar surface area (TPSA) is 300 Å². The van der Waals surface area contributed by atoms with Crippen molar-refractivity contribution < 1.29 is 43.8 Å². The van der Waals surface area contributed by atoms with E-state index in [2.05, 4.69) is 36.9 Å². The van der Waals surface area contributed by atoms with E-state index < -0.39 is 72.5 Å². The Balaban J connectivity index is 3.25. The molecule has 7 amide bonds. The van der Waals surface area contributed by atoms with Gasteiger partial charge in [-0.15, -0.1) is 0 Å². The number of rotatable bonds is 21. The van der Waals surface area contributed by atoms with Gasteiger partial charge >= 0.3 is 0 Å². The second-order valence-corrected chi connectivity index (χ2v) is 11.8. The van der Waals surface area contributed by atoms with Gasteiger partial charge < -0.3 is 58.5 Å². The molecule has 1 fully saturated rings. The number of amides is 7. The van der Waals surface area contributed by atoms with Crippen LogP contribution in [0.2, 0.25) is 0 Å². The van der Waals surface area contributed by atoms with E-state index in [0.29, 0.717) is 51.7 Å². The van der Waals surface area contributed by atoms with Crippen molar-refractivity contribution >= 4 is 47.3 Å². The summed E-state index contributed by atoms with van der Waals surface area (Å²) >= 11 is 0. The van der Waals surface area contributed by atoms with Crippen molar-refractivity contribution in [1.29, 1.82) is 0 Å². The minimum absolute atomic E-state index is 0.0472. The largest absolute Gasteiger partial charge is 0.394 e. The molecule has 1 saturated heterocycles. The van der Waals surface area contributed by atoms with Gasteiger partial charge in [0.2, 0.25) is 41.4 Å². The van der Waals surface area contributed by atoms with E-state index in [1.807, 2.05) is 0 Å². The number of likely N-dealkylation sites (tertiary alicyclic amines) is 1. The minimum Gasteiger partial charge on any atom is -0.394 e. The van der Waals surface area contributed by atoms with Crippen LogP contribution in [0.3, 0.4) is 0 Å². The van der Waals surface area contributed by atoms with E-state index in [9.17, 15) is 43.8 Å². The Kier molecular flexibility index (Phi) is 19.2. The molecule has 6 atom stereocenters. The van der Waals surface area contributed by atoms with Crippen LogP contribution in [0.5, 0.6) is 0 Å². The van der Waals surface area contributed by atoms with Gasteiger partial charge in [-0.3, -0.25) is 38.6 Å². The SMILES string of the molecule is CCNC(=O)[C@@H]1CCCN1C(=O)[C@H](CCCN=C(N)N)NC(=O)[C@H](CCCCNC(C)=O)NC(=O)[C@H](CO)NC(=O)[C@@H](NC(C)=O)[C@@H](C)O. The van der Waals surface area contributed by atoms with E-state index in [1.54, 1.807) is 6.92 Å². The molecule has 0 aromatic rings. The highest BCUT2D eigenvalue weighted by Gasteiger charge is 2.38. The average molecular weight is 699 g/mol. The number of unbranched alkanes of at least 4 members (excludes halogenated alkanes) is 1. The second kappa shape index (κ2) is 22.2. The van der Waals surface area contributed by atoms with Crippen molar-refractivity contribution in [1.82, 2.24) is 36.8 Å². The van der Waals surface area contributed by atoms with Gasteiger partial charge in [-0.1, -0.05) is 0 Å². The van der Waals surface area contributed by atoms with Gasteiger partial charge in [0.15, 0.2) is 5.96 Å². The number of likely N-dealkylation sites (N-methyl/N-ethyl adjacent to an activating group) is 1. The maximum Gasteiger partial charge on any atom is 0.245 e. The van der Waals surface area contributed by atoms with Crippen molar-refractivity contribution in [3.8, 4) is 0 Å². The van der Waals surface area contributed by atoms with Gasteiger partial charge in [-0.25, -0.2) is 0 Å². The quantitative estimate of drug-likeness (QED) is 0.0311. The van der Waals surface area contributed by atoms with Crippen LogP contribution in [0.1, 0.15) is 72.6 Å². The van der Waals surface area contributed by atoms with Crippen molar-refractivity contribution in [3.05, 3.63) is 0 Å². The summed E-state index contributed by atoms with van der Waals surface area (Å²) in [7, 11) is 0. The molecule has 0 aliphatic carbocycles. The zero-order valence-electron chi connectivity index (χ0n) is 28.8. The molecule has 12 N–H and O–H groups in total. The lowest BCUT2D eigenvalue weighted by Gasteiger charge is -2.30. The molecule has 19 heteroatoms. The number of carbonyl (C=O) groups excluding carboxylic acids is 7. The Labute approximate surface area is 286 Å². The first kappa shape index (κ1) is 42.5. The molecule has 1 aliphatic rings. The van der Waals surface area contributed by atoms with E-state index >= 15 is 0 Å². The number of aliphatic hydroxyl groups excluding tert-OH is 2. The molecule has 0 aromatic heterocycles. The number of carbonyl (C=O) groups is 7. The summed E-state index contributed by atoms with van der Waals surface area (Å²) in [6.07, 6.45) is 0.920. The summed E-state index contributed by atoms with van der Waals surface area (Å²) in [5.74, 6) is -4.45. The Bertz CT molecular complexity index is 1180. The maximum atomic E-state index is 13.8. The van der Waals surface area contributed by atoms with Gasteiger partial charge in [-0.05, 0) is 58.8 Å². The Morgan fingerprint density at radius 2 is 1.45 bits per heavy atom. The van der Waals surface area contributed by atoms with Gasteiger partial charge in [0.05, 0.1) is 12.7 Å². The van der Waals surface area contributed by atoms with Crippen LogP contribution in [-0.4, -0.2) is 132 Å². The number of hydrogen-bond acceptors (Lipinski definition) is 10. The van der Waals surface area contributed by atoms with Gasteiger partial charge in [0.25, 0.3) is 0 Å². The first-order valence-corrected chi connectivity index (χ1v) is 16.5. The molecule has 0 unspecified atom stereocenters. The average Bonchev–Trinajstić information content (AvgIpc) is 3.52. The first-order chi connectivity index (χ1) is 23.1. The van der Waals surface area contributed by atoms with Crippen LogP contribution in [0.15, 0.2) is 4.99 Å². The molecule has 278 valence electrons. The standard InChI is InChI=1S/C30H54N10O9/c1-5-33-27(47)23-12-9-15-40(23)29(49)21(11-8-14-35-30(31)32)38-25(45)20(10-6-7-13-34-18(3)43)37-26(46)22(16-41)39-28(48)24(17(2)42)36-19(4)44/h17,20-24,41-42H,5-16H2,1-4H3,(H,33,47)(H,34,43)(H,36,44)(H,37,46)(H,38,45)(H,39,48)(H4,31,32,35)/t17-,20+,21+,22+,23+,24+/m1/s1. The summed E-state index contributed by atoms with van der Waals surface area (Å²) < 4.78 is 0. The molecule has 0 radical (unpaired) electrons. The number of aliphatic imine (C=N–C) groups is 1. The predicted octanol–water partition coefficient (Wildman–Crippen LogP) is -4.19. The third kappa shape index (κ3) is 15.5. The lowest BCUT2D eigenvalue weighted by molar-refractivity contribution is -0.142. The molecule has 1 rings (SSSR count). The predicted molar refractivity (Wildman–Crippen MR) is 178 cm³/mol. The summed E-state index contributed by atoms with van der Waals surface area (Å²) in [4.78, 5) is 94.4. The lowest BCUT2D eigenvalue weighted by Crippen LogP contribution is -2.60. The van der Waals surface area contributed by atoms with Crippen LogP contribution in [0.25, 0.3) is 0 Å². The summed E-state index contributed by atoms with van der Waals surface area (Å²) in [5.41, 5.74) is 10.8. The molecule has 1 heterocycles. The molecular formula is C30H54N10O9. The van der Waals surface area contributed by atoms with Crippen molar-refractivity contribution in [3.63, 3.8) is 0 Å². The minimum atomic E-state index is -1.57. The smallest absolute Gasteiger partial charge is 0.245 e. The van der Waals surface area contributed by atoms with Crippen LogP contribution in [-0.2, 0) is 33.6 Å². The van der Waals surface area contributed by atoms with Crippen LogP contribution in [0.4, 0.5) is 0 Å². The number of nitrogens with one attached hydrogen (secondary N) is 6. The number of guanidine groups is 1. The molecule has 0 saturated carbocycles. The zero-order chi connectivity index (χ0) is 37.1.